The Kier molecular flexibility index (Phi) is 6.22. The summed E-state index contributed by atoms with van der Waals surface area (Å²) in [5.74, 6) is 0. The maximum absolute atomic E-state index is 9.86. The zero-order valence-corrected chi connectivity index (χ0v) is 25.8. The lowest BCUT2D eigenvalue weighted by atomic mass is 9.96. The molecule has 7 aromatic carbocycles. The molecular formula is C44H26N4. The number of fused-ring (bicyclic) bond motifs is 6. The zero-order chi connectivity index (χ0) is 32.2. The number of nitrogens with zero attached hydrogens (tertiary/aromatic N) is 4. The SMILES string of the molecule is [C-]#[N+]c1ccc(-c2ccc(-n3c4ccccc4c4c(C#N)cccc43)cc2)cc1-c1ccccc1-n1c2ccccc2c2ccccc21. The Morgan fingerprint density at radius 1 is 0.500 bits per heavy atom. The summed E-state index contributed by atoms with van der Waals surface area (Å²) in [7, 11) is 0. The number of benzene rings is 7. The Hall–Kier alpha value is -6.88. The lowest BCUT2D eigenvalue weighted by molar-refractivity contribution is 1.18. The van der Waals surface area contributed by atoms with Gasteiger partial charge in [-0.3, -0.25) is 0 Å². The van der Waals surface area contributed by atoms with Crippen LogP contribution in [0.1, 0.15) is 5.56 Å². The maximum Gasteiger partial charge on any atom is 0.195 e. The van der Waals surface area contributed by atoms with Crippen LogP contribution in [0, 0.1) is 17.9 Å². The van der Waals surface area contributed by atoms with E-state index in [-0.39, 0.29) is 0 Å². The highest BCUT2D eigenvalue weighted by atomic mass is 15.0. The molecule has 48 heavy (non-hydrogen) atoms. The average molecular weight is 611 g/mol. The molecule has 9 aromatic rings. The Balaban J connectivity index is 1.19. The van der Waals surface area contributed by atoms with Gasteiger partial charge in [-0.05, 0) is 70.8 Å². The molecular weight excluding hydrogens is 585 g/mol. The molecule has 0 aliphatic heterocycles. The van der Waals surface area contributed by atoms with Crippen LogP contribution in [-0.4, -0.2) is 9.13 Å². The first-order chi connectivity index (χ1) is 23.7. The number of rotatable bonds is 4. The van der Waals surface area contributed by atoms with E-state index in [1.54, 1.807) is 0 Å². The van der Waals surface area contributed by atoms with Gasteiger partial charge in [0.2, 0.25) is 0 Å². The molecule has 0 unspecified atom stereocenters. The Morgan fingerprint density at radius 2 is 1.08 bits per heavy atom. The molecule has 0 amide bonds. The highest BCUT2D eigenvalue weighted by Gasteiger charge is 2.18. The highest BCUT2D eigenvalue weighted by molar-refractivity contribution is 6.12. The van der Waals surface area contributed by atoms with Gasteiger partial charge in [0.1, 0.15) is 0 Å². The van der Waals surface area contributed by atoms with Crippen LogP contribution in [0.4, 0.5) is 5.69 Å². The molecule has 0 N–H and O–H groups in total. The van der Waals surface area contributed by atoms with Gasteiger partial charge in [0.05, 0.1) is 46.0 Å². The van der Waals surface area contributed by atoms with Crippen molar-refractivity contribution in [2.24, 2.45) is 0 Å². The third kappa shape index (κ3) is 4.07. The summed E-state index contributed by atoms with van der Waals surface area (Å²) in [4.78, 5) is 3.96. The maximum atomic E-state index is 9.86. The van der Waals surface area contributed by atoms with E-state index in [0.29, 0.717) is 11.3 Å². The summed E-state index contributed by atoms with van der Waals surface area (Å²) in [6, 6.07) is 56.6. The molecule has 0 saturated carbocycles. The third-order valence-corrected chi connectivity index (χ3v) is 9.41. The summed E-state index contributed by atoms with van der Waals surface area (Å²) in [6.45, 7) is 8.08. The van der Waals surface area contributed by atoms with Crippen molar-refractivity contribution >= 4 is 49.3 Å². The molecule has 9 rings (SSSR count). The van der Waals surface area contributed by atoms with E-state index in [1.165, 1.54) is 10.8 Å². The minimum atomic E-state index is 0.613. The van der Waals surface area contributed by atoms with Gasteiger partial charge < -0.3 is 9.13 Å². The molecule has 0 spiro atoms. The molecule has 0 radical (unpaired) electrons. The van der Waals surface area contributed by atoms with Crippen LogP contribution in [0.5, 0.6) is 0 Å². The van der Waals surface area contributed by atoms with Crippen molar-refractivity contribution in [1.29, 1.82) is 5.26 Å². The second kappa shape index (κ2) is 10.9. The Morgan fingerprint density at radius 3 is 1.77 bits per heavy atom. The summed E-state index contributed by atoms with van der Waals surface area (Å²) >= 11 is 0. The molecule has 2 aromatic heterocycles. The number of nitriles is 1. The molecule has 0 bridgehead atoms. The van der Waals surface area contributed by atoms with Gasteiger partial charge in [0, 0.05) is 27.2 Å². The van der Waals surface area contributed by atoms with E-state index < -0.39 is 0 Å². The summed E-state index contributed by atoms with van der Waals surface area (Å²) < 4.78 is 4.55. The molecule has 0 fully saturated rings. The van der Waals surface area contributed by atoms with E-state index in [2.05, 4.69) is 135 Å². The summed E-state index contributed by atoms with van der Waals surface area (Å²) in [5.41, 5.74) is 11.7. The van der Waals surface area contributed by atoms with E-state index in [0.717, 1.165) is 66.5 Å². The quantitative estimate of drug-likeness (QED) is 0.183. The Bertz CT molecular complexity index is 2750. The van der Waals surface area contributed by atoms with Crippen molar-refractivity contribution in [1.82, 2.24) is 9.13 Å². The van der Waals surface area contributed by atoms with Crippen molar-refractivity contribution in [3.63, 3.8) is 0 Å². The van der Waals surface area contributed by atoms with Crippen molar-refractivity contribution in [3.05, 3.63) is 175 Å². The van der Waals surface area contributed by atoms with Crippen molar-refractivity contribution in [2.75, 3.05) is 0 Å². The third-order valence-electron chi connectivity index (χ3n) is 9.41. The van der Waals surface area contributed by atoms with Gasteiger partial charge in [0.15, 0.2) is 5.69 Å². The molecule has 222 valence electrons. The topological polar surface area (TPSA) is 38.0 Å². The number of para-hydroxylation sites is 4. The molecule has 0 aliphatic rings. The van der Waals surface area contributed by atoms with Crippen LogP contribution in [0.15, 0.2) is 158 Å². The smallest absolute Gasteiger partial charge is 0.195 e. The van der Waals surface area contributed by atoms with Crippen LogP contribution in [0.25, 0.3) is 82.1 Å². The van der Waals surface area contributed by atoms with Crippen LogP contribution in [0.3, 0.4) is 0 Å². The lowest BCUT2D eigenvalue weighted by Gasteiger charge is -2.16. The molecule has 0 saturated heterocycles. The van der Waals surface area contributed by atoms with Crippen molar-refractivity contribution in [3.8, 4) is 39.7 Å². The van der Waals surface area contributed by atoms with Crippen molar-refractivity contribution in [2.45, 2.75) is 0 Å². The fraction of sp³-hybridized carbons (Fsp3) is 0. The van der Waals surface area contributed by atoms with E-state index in [9.17, 15) is 5.26 Å². The van der Waals surface area contributed by atoms with Crippen LogP contribution >= 0.6 is 0 Å². The number of hydrogen-bond acceptors (Lipinski definition) is 1. The van der Waals surface area contributed by atoms with Gasteiger partial charge in [-0.25, -0.2) is 4.85 Å². The second-order valence-corrected chi connectivity index (χ2v) is 11.9. The molecule has 0 aliphatic carbocycles. The second-order valence-electron chi connectivity index (χ2n) is 11.9. The fourth-order valence-corrected chi connectivity index (χ4v) is 7.30. The minimum Gasteiger partial charge on any atom is -0.309 e. The largest absolute Gasteiger partial charge is 0.309 e. The zero-order valence-electron chi connectivity index (χ0n) is 25.8. The van der Waals surface area contributed by atoms with Crippen LogP contribution in [-0.2, 0) is 0 Å². The van der Waals surface area contributed by atoms with Crippen molar-refractivity contribution < 1.29 is 0 Å². The first kappa shape index (κ1) is 27.4. The number of hydrogen-bond donors (Lipinski definition) is 0. The Labute approximate surface area is 277 Å². The van der Waals surface area contributed by atoms with Crippen LogP contribution < -0.4 is 0 Å². The summed E-state index contributed by atoms with van der Waals surface area (Å²) in [6.07, 6.45) is 0. The normalized spacial score (nSPS) is 11.3. The van der Waals surface area contributed by atoms with Gasteiger partial charge in [0.25, 0.3) is 0 Å². The van der Waals surface area contributed by atoms with E-state index in [4.69, 9.17) is 6.57 Å². The predicted octanol–water partition coefficient (Wildman–Crippen LogP) is 11.6. The highest BCUT2D eigenvalue weighted by Crippen LogP contribution is 2.41. The van der Waals surface area contributed by atoms with E-state index in [1.807, 2.05) is 42.5 Å². The molecule has 2 heterocycles. The molecule has 4 nitrogen and oxygen atoms in total. The fourth-order valence-electron chi connectivity index (χ4n) is 7.30. The van der Waals surface area contributed by atoms with Gasteiger partial charge in [-0.2, -0.15) is 5.26 Å². The number of aromatic nitrogens is 2. The standard InChI is InChI=1S/C44H26N4/c1-46-38-26-23-30(29-21-24-32(25-22-29)47-42-19-9-5-15-36(42)44-31(28-45)11-10-20-43(44)47)27-37(38)35-14-4-8-18-41(35)48-39-16-6-2-12-33(39)34-13-3-7-17-40(34)48/h2-27H. The first-order valence-electron chi connectivity index (χ1n) is 15.9. The molecule has 0 atom stereocenters. The first-order valence-corrected chi connectivity index (χ1v) is 15.9. The predicted molar refractivity (Wildman–Crippen MR) is 197 cm³/mol. The monoisotopic (exact) mass is 610 g/mol. The minimum absolute atomic E-state index is 0.613. The molecule has 4 heteroatoms. The van der Waals surface area contributed by atoms with Gasteiger partial charge in [-0.1, -0.05) is 109 Å². The van der Waals surface area contributed by atoms with E-state index >= 15 is 0 Å². The van der Waals surface area contributed by atoms with Gasteiger partial charge in [-0.15, -0.1) is 0 Å². The van der Waals surface area contributed by atoms with Crippen LogP contribution in [0.2, 0.25) is 0 Å². The average Bonchev–Trinajstić information content (AvgIpc) is 3.68. The lowest BCUT2D eigenvalue weighted by Crippen LogP contribution is -1.97. The van der Waals surface area contributed by atoms with Gasteiger partial charge >= 0.3 is 0 Å². The summed E-state index contributed by atoms with van der Waals surface area (Å²) in [5, 5.41) is 14.3.